The lowest BCUT2D eigenvalue weighted by Gasteiger charge is -2.25. The highest BCUT2D eigenvalue weighted by Gasteiger charge is 2.25. The number of hydrogen-bond acceptors (Lipinski definition) is 2. The molecule has 0 heterocycles. The van der Waals surface area contributed by atoms with Gasteiger partial charge in [-0.15, -0.1) is 6.42 Å². The number of aryl methyl sites for hydroxylation is 1. The molecule has 1 aliphatic carbocycles. The van der Waals surface area contributed by atoms with Gasteiger partial charge in [-0.25, -0.2) is 0 Å². The van der Waals surface area contributed by atoms with Crippen molar-refractivity contribution in [2.45, 2.75) is 19.8 Å². The number of hydrogen-bond donors (Lipinski definition) is 0. The van der Waals surface area contributed by atoms with Crippen molar-refractivity contribution in [3.8, 4) is 18.4 Å². The van der Waals surface area contributed by atoms with Crippen LogP contribution >= 0.6 is 0 Å². The molecular formula is C15H16N2. The van der Waals surface area contributed by atoms with Crippen LogP contribution in [0.15, 0.2) is 18.2 Å². The van der Waals surface area contributed by atoms with Gasteiger partial charge in [0.1, 0.15) is 6.07 Å². The van der Waals surface area contributed by atoms with E-state index in [9.17, 15) is 5.26 Å². The molecule has 0 unspecified atom stereocenters. The van der Waals surface area contributed by atoms with Gasteiger partial charge in [0.25, 0.3) is 0 Å². The summed E-state index contributed by atoms with van der Waals surface area (Å²) in [6.45, 7) is 3.59. The van der Waals surface area contributed by atoms with Crippen LogP contribution in [-0.2, 0) is 0 Å². The molecule has 0 bridgehead atoms. The van der Waals surface area contributed by atoms with Crippen LogP contribution in [0, 0.1) is 36.5 Å². The van der Waals surface area contributed by atoms with Crippen molar-refractivity contribution in [3.63, 3.8) is 0 Å². The zero-order valence-electron chi connectivity index (χ0n) is 10.1. The van der Waals surface area contributed by atoms with E-state index < -0.39 is 0 Å². The van der Waals surface area contributed by atoms with E-state index >= 15 is 0 Å². The minimum absolute atomic E-state index is 0.579. The van der Waals surface area contributed by atoms with Gasteiger partial charge in [0.15, 0.2) is 0 Å². The lowest BCUT2D eigenvalue weighted by molar-refractivity contribution is 0.762. The van der Waals surface area contributed by atoms with E-state index in [0.717, 1.165) is 29.3 Å². The molecule has 1 saturated carbocycles. The maximum Gasteiger partial charge on any atom is 0.101 e. The lowest BCUT2D eigenvalue weighted by atomic mass is 10.1. The number of nitrogens with zero attached hydrogens (tertiary/aromatic N) is 2. The number of anilines is 1. The van der Waals surface area contributed by atoms with E-state index in [-0.39, 0.29) is 0 Å². The largest absolute Gasteiger partial charge is 0.359 e. The quantitative estimate of drug-likeness (QED) is 0.735. The van der Waals surface area contributed by atoms with Crippen LogP contribution in [-0.4, -0.2) is 13.1 Å². The summed E-state index contributed by atoms with van der Waals surface area (Å²) in [5.41, 5.74) is 2.86. The lowest BCUT2D eigenvalue weighted by Crippen LogP contribution is -2.27. The Bertz CT molecular complexity index is 487. The Morgan fingerprint density at radius 2 is 2.24 bits per heavy atom. The number of nitriles is 1. The fourth-order valence-electron chi connectivity index (χ4n) is 2.13. The molecule has 0 amide bonds. The molecule has 0 aromatic heterocycles. The van der Waals surface area contributed by atoms with Crippen molar-refractivity contribution in [2.75, 3.05) is 18.0 Å². The van der Waals surface area contributed by atoms with Gasteiger partial charge >= 0.3 is 0 Å². The van der Waals surface area contributed by atoms with Crippen molar-refractivity contribution in [1.29, 1.82) is 5.26 Å². The van der Waals surface area contributed by atoms with Crippen molar-refractivity contribution >= 4 is 5.69 Å². The normalized spacial score (nSPS) is 13.8. The first-order chi connectivity index (χ1) is 8.26. The monoisotopic (exact) mass is 224 g/mol. The summed E-state index contributed by atoms with van der Waals surface area (Å²) < 4.78 is 0. The molecule has 0 spiro atoms. The highest BCUT2D eigenvalue weighted by Crippen LogP contribution is 2.33. The number of benzene rings is 1. The molecule has 1 aromatic rings. The first-order valence-corrected chi connectivity index (χ1v) is 5.94. The number of para-hydroxylation sites is 1. The molecule has 0 radical (unpaired) electrons. The van der Waals surface area contributed by atoms with Crippen LogP contribution in [0.2, 0.25) is 0 Å². The number of rotatable bonds is 4. The molecule has 0 saturated heterocycles. The predicted octanol–water partition coefficient (Wildman–Crippen LogP) is 2.72. The summed E-state index contributed by atoms with van der Waals surface area (Å²) >= 11 is 0. The third kappa shape index (κ3) is 2.60. The van der Waals surface area contributed by atoms with Gasteiger partial charge in [-0.05, 0) is 37.3 Å². The Morgan fingerprint density at radius 1 is 1.47 bits per heavy atom. The molecule has 2 nitrogen and oxygen atoms in total. The highest BCUT2D eigenvalue weighted by atomic mass is 15.1. The average molecular weight is 224 g/mol. The summed E-state index contributed by atoms with van der Waals surface area (Å²) in [4.78, 5) is 2.17. The Balaban J connectivity index is 2.34. The molecule has 1 fully saturated rings. The van der Waals surface area contributed by atoms with E-state index in [4.69, 9.17) is 6.42 Å². The number of terminal acetylenes is 1. The molecular weight excluding hydrogens is 208 g/mol. The molecule has 86 valence electrons. The van der Waals surface area contributed by atoms with Crippen molar-refractivity contribution in [1.82, 2.24) is 0 Å². The fourth-order valence-corrected chi connectivity index (χ4v) is 2.13. The van der Waals surface area contributed by atoms with Gasteiger partial charge in [-0.3, -0.25) is 0 Å². The third-order valence-corrected chi connectivity index (χ3v) is 3.13. The molecule has 17 heavy (non-hydrogen) atoms. The van der Waals surface area contributed by atoms with Crippen molar-refractivity contribution in [3.05, 3.63) is 29.3 Å². The van der Waals surface area contributed by atoms with Crippen molar-refractivity contribution in [2.24, 2.45) is 5.92 Å². The molecule has 0 aliphatic heterocycles. The van der Waals surface area contributed by atoms with Crippen LogP contribution in [0.25, 0.3) is 0 Å². The zero-order valence-corrected chi connectivity index (χ0v) is 10.1. The predicted molar refractivity (Wildman–Crippen MR) is 69.7 cm³/mol. The van der Waals surface area contributed by atoms with Crippen molar-refractivity contribution < 1.29 is 0 Å². The minimum Gasteiger partial charge on any atom is -0.359 e. The minimum atomic E-state index is 0.579. The summed E-state index contributed by atoms with van der Waals surface area (Å²) in [7, 11) is 0. The maximum atomic E-state index is 9.18. The first kappa shape index (κ1) is 11.6. The average Bonchev–Trinajstić information content (AvgIpc) is 3.12. The van der Waals surface area contributed by atoms with Crippen LogP contribution in [0.5, 0.6) is 0 Å². The van der Waals surface area contributed by atoms with Crippen LogP contribution in [0.4, 0.5) is 5.69 Å². The Hall–Kier alpha value is -1.93. The first-order valence-electron chi connectivity index (χ1n) is 5.94. The SMILES string of the molecule is C#CCN(CC1CC1)c1c(C)cccc1C#N. The molecule has 1 aliphatic rings. The van der Waals surface area contributed by atoms with Crippen LogP contribution < -0.4 is 4.90 Å². The van der Waals surface area contributed by atoms with Gasteiger partial charge in [-0.1, -0.05) is 18.1 Å². The molecule has 0 N–H and O–H groups in total. The smallest absolute Gasteiger partial charge is 0.101 e. The van der Waals surface area contributed by atoms with Gasteiger partial charge in [-0.2, -0.15) is 5.26 Å². The van der Waals surface area contributed by atoms with E-state index in [0.29, 0.717) is 6.54 Å². The Kier molecular flexibility index (Phi) is 3.35. The van der Waals surface area contributed by atoms with Gasteiger partial charge in [0.05, 0.1) is 17.8 Å². The molecule has 1 aromatic carbocycles. The second-order valence-electron chi connectivity index (χ2n) is 4.61. The van der Waals surface area contributed by atoms with Crippen LogP contribution in [0.3, 0.4) is 0 Å². The molecule has 0 atom stereocenters. The second kappa shape index (κ2) is 4.93. The van der Waals surface area contributed by atoms with E-state index in [1.54, 1.807) is 0 Å². The molecule has 2 heteroatoms. The van der Waals surface area contributed by atoms with E-state index in [2.05, 4.69) is 16.9 Å². The van der Waals surface area contributed by atoms with Gasteiger partial charge in [0.2, 0.25) is 0 Å². The summed E-state index contributed by atoms with van der Waals surface area (Å²) in [5, 5.41) is 9.18. The van der Waals surface area contributed by atoms with Gasteiger partial charge in [0, 0.05) is 6.54 Å². The highest BCUT2D eigenvalue weighted by molar-refractivity contribution is 5.64. The Morgan fingerprint density at radius 3 is 2.82 bits per heavy atom. The van der Waals surface area contributed by atoms with E-state index in [1.165, 1.54) is 12.8 Å². The van der Waals surface area contributed by atoms with Gasteiger partial charge < -0.3 is 4.90 Å². The summed E-state index contributed by atoms with van der Waals surface area (Å²) in [6.07, 6.45) is 8.00. The maximum absolute atomic E-state index is 9.18. The standard InChI is InChI=1S/C15H16N2/c1-3-9-17(11-13-7-8-13)15-12(2)5-4-6-14(15)10-16/h1,4-6,13H,7-9,11H2,2H3. The van der Waals surface area contributed by atoms with E-state index in [1.807, 2.05) is 25.1 Å². The zero-order chi connectivity index (χ0) is 12.3. The Labute approximate surface area is 103 Å². The second-order valence-corrected chi connectivity index (χ2v) is 4.61. The summed E-state index contributed by atoms with van der Waals surface area (Å²) in [6, 6.07) is 8.07. The topological polar surface area (TPSA) is 27.0 Å². The van der Waals surface area contributed by atoms with Crippen LogP contribution in [0.1, 0.15) is 24.0 Å². The summed E-state index contributed by atoms with van der Waals surface area (Å²) in [5.74, 6) is 3.45. The molecule has 2 rings (SSSR count). The fraction of sp³-hybridized carbons (Fsp3) is 0.400. The third-order valence-electron chi connectivity index (χ3n) is 3.13.